The van der Waals surface area contributed by atoms with Gasteiger partial charge in [0.15, 0.2) is 11.6 Å². The summed E-state index contributed by atoms with van der Waals surface area (Å²) in [6, 6.07) is 0. The van der Waals surface area contributed by atoms with E-state index in [4.69, 9.17) is 5.73 Å². The van der Waals surface area contributed by atoms with Crippen molar-refractivity contribution >= 4 is 17.3 Å². The van der Waals surface area contributed by atoms with Crippen molar-refractivity contribution in [1.82, 2.24) is 9.97 Å². The Labute approximate surface area is 256 Å². The number of anilines is 3. The molecule has 0 aliphatic rings. The van der Waals surface area contributed by atoms with Crippen LogP contribution in [0, 0.1) is 0 Å². The molecule has 0 amide bonds. The third-order valence-electron chi connectivity index (χ3n) is 8.53. The smallest absolute Gasteiger partial charge is 0.154 e. The molecule has 0 spiro atoms. The number of hydrogen-bond donors (Lipinski definition) is 3. The molecule has 1 heterocycles. The molecule has 1 aromatic heterocycles. The number of unbranched alkanes of at least 4 members (excludes halogenated alkanes) is 26. The highest BCUT2D eigenvalue weighted by Crippen LogP contribution is 2.23. The van der Waals surface area contributed by atoms with Crippen LogP contribution in [0.5, 0.6) is 0 Å². The number of hydrogen-bond acceptors (Lipinski definition) is 5. The lowest BCUT2D eigenvalue weighted by molar-refractivity contribution is 0.537. The van der Waals surface area contributed by atoms with Crippen molar-refractivity contribution in [3.63, 3.8) is 0 Å². The summed E-state index contributed by atoms with van der Waals surface area (Å²) in [5, 5.41) is 6.87. The summed E-state index contributed by atoms with van der Waals surface area (Å²) in [6.45, 7) is 6.44. The second-order valence-electron chi connectivity index (χ2n) is 12.5. The fraction of sp³-hybridized carbons (Fsp3) is 0.889. The van der Waals surface area contributed by atoms with Gasteiger partial charge in [0, 0.05) is 13.1 Å². The molecule has 1 rings (SSSR count). The van der Waals surface area contributed by atoms with E-state index in [1.807, 2.05) is 0 Å². The number of nitrogen functional groups attached to an aromatic ring is 1. The molecule has 0 saturated heterocycles. The molecule has 0 aliphatic carbocycles. The van der Waals surface area contributed by atoms with Crippen LogP contribution in [0.4, 0.5) is 17.3 Å². The minimum absolute atomic E-state index is 0.656. The van der Waals surface area contributed by atoms with Crippen molar-refractivity contribution < 1.29 is 0 Å². The lowest BCUT2D eigenvalue weighted by Crippen LogP contribution is -2.11. The molecule has 0 saturated carbocycles. The maximum atomic E-state index is 6.35. The predicted molar refractivity (Wildman–Crippen MR) is 184 cm³/mol. The predicted octanol–water partition coefficient (Wildman–Crippen LogP) is 11.8. The zero-order chi connectivity index (χ0) is 29.5. The average molecular weight is 574 g/mol. The summed E-state index contributed by atoms with van der Waals surface area (Å²) in [5.41, 5.74) is 7.01. The van der Waals surface area contributed by atoms with Gasteiger partial charge in [-0.15, -0.1) is 0 Å². The van der Waals surface area contributed by atoms with E-state index in [-0.39, 0.29) is 0 Å². The van der Waals surface area contributed by atoms with Crippen LogP contribution in [0.15, 0.2) is 6.33 Å². The maximum Gasteiger partial charge on any atom is 0.154 e. The number of nitrogens with two attached hydrogens (primary N) is 1. The van der Waals surface area contributed by atoms with Gasteiger partial charge < -0.3 is 16.4 Å². The van der Waals surface area contributed by atoms with Crippen LogP contribution in [0.3, 0.4) is 0 Å². The van der Waals surface area contributed by atoms with Crippen molar-refractivity contribution in [2.75, 3.05) is 29.5 Å². The van der Waals surface area contributed by atoms with Crippen LogP contribution < -0.4 is 16.4 Å². The third-order valence-corrected chi connectivity index (χ3v) is 8.53. The van der Waals surface area contributed by atoms with Gasteiger partial charge in [-0.3, -0.25) is 0 Å². The Kier molecular flexibility index (Phi) is 27.4. The Morgan fingerprint density at radius 1 is 0.415 bits per heavy atom. The molecule has 0 atom stereocenters. The molecular formula is C36H71N5. The van der Waals surface area contributed by atoms with E-state index in [1.165, 1.54) is 180 Å². The summed E-state index contributed by atoms with van der Waals surface area (Å²) < 4.78 is 0. The Bertz CT molecular complexity index is 613. The van der Waals surface area contributed by atoms with Gasteiger partial charge in [0.25, 0.3) is 0 Å². The molecule has 0 aromatic carbocycles. The van der Waals surface area contributed by atoms with Crippen LogP contribution in [-0.2, 0) is 0 Å². The first-order chi connectivity index (χ1) is 20.3. The number of nitrogens with one attached hydrogen (secondary N) is 2. The highest BCUT2D eigenvalue weighted by molar-refractivity contribution is 5.73. The van der Waals surface area contributed by atoms with Gasteiger partial charge in [-0.05, 0) is 12.8 Å². The Hall–Kier alpha value is -1.52. The highest BCUT2D eigenvalue weighted by atomic mass is 15.1. The van der Waals surface area contributed by atoms with Crippen LogP contribution in [-0.4, -0.2) is 23.1 Å². The van der Waals surface area contributed by atoms with Crippen LogP contribution in [0.1, 0.15) is 194 Å². The molecule has 0 fully saturated rings. The molecule has 41 heavy (non-hydrogen) atoms. The molecule has 240 valence electrons. The van der Waals surface area contributed by atoms with Gasteiger partial charge >= 0.3 is 0 Å². The number of rotatable bonds is 32. The molecule has 5 nitrogen and oxygen atoms in total. The minimum atomic E-state index is 0.656. The van der Waals surface area contributed by atoms with Gasteiger partial charge in [0.1, 0.15) is 12.0 Å². The van der Waals surface area contributed by atoms with Gasteiger partial charge in [-0.25, -0.2) is 9.97 Å². The Balaban J connectivity index is 1.93. The van der Waals surface area contributed by atoms with Crippen LogP contribution in [0.2, 0.25) is 0 Å². The van der Waals surface area contributed by atoms with Gasteiger partial charge in [-0.2, -0.15) is 0 Å². The fourth-order valence-electron chi connectivity index (χ4n) is 5.73. The van der Waals surface area contributed by atoms with E-state index in [0.717, 1.165) is 24.7 Å². The lowest BCUT2D eigenvalue weighted by Gasteiger charge is -2.12. The summed E-state index contributed by atoms with van der Waals surface area (Å²) >= 11 is 0. The summed E-state index contributed by atoms with van der Waals surface area (Å²) in [6.07, 6.45) is 40.4. The van der Waals surface area contributed by atoms with E-state index in [0.29, 0.717) is 5.69 Å². The van der Waals surface area contributed by atoms with Crippen molar-refractivity contribution in [1.29, 1.82) is 0 Å². The van der Waals surface area contributed by atoms with E-state index >= 15 is 0 Å². The quantitative estimate of drug-likeness (QED) is 0.0747. The molecule has 0 radical (unpaired) electrons. The van der Waals surface area contributed by atoms with E-state index < -0.39 is 0 Å². The second-order valence-corrected chi connectivity index (χ2v) is 12.5. The number of nitrogens with zero attached hydrogens (tertiary/aromatic N) is 2. The monoisotopic (exact) mass is 574 g/mol. The molecular weight excluding hydrogens is 502 g/mol. The average Bonchev–Trinajstić information content (AvgIpc) is 2.98. The highest BCUT2D eigenvalue weighted by Gasteiger charge is 2.07. The van der Waals surface area contributed by atoms with E-state index in [2.05, 4.69) is 34.4 Å². The van der Waals surface area contributed by atoms with Crippen molar-refractivity contribution in [2.24, 2.45) is 0 Å². The van der Waals surface area contributed by atoms with E-state index in [1.54, 1.807) is 6.33 Å². The van der Waals surface area contributed by atoms with Crippen LogP contribution >= 0.6 is 0 Å². The van der Waals surface area contributed by atoms with Crippen molar-refractivity contribution in [3.8, 4) is 0 Å². The standard InChI is InChI=1S/C36H71N5/c1-3-5-7-9-11-13-15-17-19-21-23-25-27-29-31-38-35-34(37)36(41-33-40-35)39-32-30-28-26-24-22-20-18-16-14-12-10-8-6-4-2/h33H,3-32,37H2,1-2H3,(H2,38,39,40,41). The molecule has 0 unspecified atom stereocenters. The van der Waals surface area contributed by atoms with Crippen molar-refractivity contribution in [3.05, 3.63) is 6.33 Å². The third kappa shape index (κ3) is 23.7. The van der Waals surface area contributed by atoms with Crippen LogP contribution in [0.25, 0.3) is 0 Å². The largest absolute Gasteiger partial charge is 0.393 e. The number of aromatic nitrogens is 2. The lowest BCUT2D eigenvalue weighted by atomic mass is 10.0. The second kappa shape index (κ2) is 30.0. The first-order valence-corrected chi connectivity index (χ1v) is 18.4. The first kappa shape index (κ1) is 37.5. The maximum absolute atomic E-state index is 6.35. The van der Waals surface area contributed by atoms with E-state index in [9.17, 15) is 0 Å². The van der Waals surface area contributed by atoms with Crippen molar-refractivity contribution in [2.45, 2.75) is 194 Å². The first-order valence-electron chi connectivity index (χ1n) is 18.4. The van der Waals surface area contributed by atoms with Gasteiger partial charge in [0.05, 0.1) is 0 Å². The molecule has 5 heteroatoms. The Morgan fingerprint density at radius 2 is 0.659 bits per heavy atom. The zero-order valence-corrected chi connectivity index (χ0v) is 27.8. The summed E-state index contributed by atoms with van der Waals surface area (Å²) in [5.74, 6) is 1.55. The topological polar surface area (TPSA) is 75.9 Å². The molecule has 0 bridgehead atoms. The SMILES string of the molecule is CCCCCCCCCCCCCCCCNc1ncnc(NCCCCCCCCCCCCCCCC)c1N. The molecule has 0 aliphatic heterocycles. The fourth-order valence-corrected chi connectivity index (χ4v) is 5.73. The zero-order valence-electron chi connectivity index (χ0n) is 27.8. The summed E-state index contributed by atoms with van der Waals surface area (Å²) in [4.78, 5) is 8.75. The minimum Gasteiger partial charge on any atom is -0.393 e. The van der Waals surface area contributed by atoms with Gasteiger partial charge in [-0.1, -0.05) is 181 Å². The normalized spacial score (nSPS) is 11.3. The van der Waals surface area contributed by atoms with Gasteiger partial charge in [0.2, 0.25) is 0 Å². The Morgan fingerprint density at radius 3 is 0.927 bits per heavy atom. The molecule has 4 N–H and O–H groups in total. The summed E-state index contributed by atoms with van der Waals surface area (Å²) in [7, 11) is 0. The molecule has 1 aromatic rings.